The molecule has 8 nitrogen and oxygen atoms in total. The quantitative estimate of drug-likeness (QED) is 0.411. The number of halogens is 1. The van der Waals surface area contributed by atoms with Gasteiger partial charge in [0.25, 0.3) is 0 Å². The largest absolute Gasteiger partial charge is 0.497 e. The lowest BCUT2D eigenvalue weighted by molar-refractivity contribution is -0.143. The van der Waals surface area contributed by atoms with Crippen molar-refractivity contribution in [2.45, 2.75) is 6.92 Å². The molecule has 0 aromatic heterocycles. The molecule has 2 aromatic rings. The molecule has 1 aliphatic heterocycles. The lowest BCUT2D eigenvalue weighted by atomic mass is 10.1. The maximum Gasteiger partial charge on any atom is 0.363 e. The molecule has 162 valence electrons. The summed E-state index contributed by atoms with van der Waals surface area (Å²) >= 11 is 3.42. The van der Waals surface area contributed by atoms with Crippen LogP contribution in [0, 0.1) is 0 Å². The second-order valence-corrected chi connectivity index (χ2v) is 7.05. The number of ether oxygens (including phenoxy) is 5. The zero-order valence-electron chi connectivity index (χ0n) is 17.1. The summed E-state index contributed by atoms with van der Waals surface area (Å²) in [4.78, 5) is 28.0. The number of esters is 2. The van der Waals surface area contributed by atoms with Crippen molar-refractivity contribution in [1.82, 2.24) is 0 Å². The van der Waals surface area contributed by atoms with Crippen molar-refractivity contribution in [2.24, 2.45) is 4.99 Å². The van der Waals surface area contributed by atoms with E-state index in [4.69, 9.17) is 18.9 Å². The van der Waals surface area contributed by atoms with E-state index in [1.807, 2.05) is 6.92 Å². The van der Waals surface area contributed by atoms with Crippen LogP contribution in [0.3, 0.4) is 0 Å². The van der Waals surface area contributed by atoms with Crippen LogP contribution in [0.1, 0.15) is 18.1 Å². The van der Waals surface area contributed by atoms with Crippen LogP contribution in [0.25, 0.3) is 6.08 Å². The third-order valence-corrected chi connectivity index (χ3v) is 4.74. The van der Waals surface area contributed by atoms with Gasteiger partial charge in [-0.1, -0.05) is 0 Å². The predicted molar refractivity (Wildman–Crippen MR) is 116 cm³/mol. The number of carbonyl (C=O) groups is 2. The molecule has 0 bridgehead atoms. The molecule has 1 aliphatic rings. The maximum absolute atomic E-state index is 12.3. The third-order valence-electron chi connectivity index (χ3n) is 4.15. The Labute approximate surface area is 187 Å². The minimum absolute atomic E-state index is 0.142. The first-order chi connectivity index (χ1) is 14.9. The molecule has 0 fully saturated rings. The van der Waals surface area contributed by atoms with Gasteiger partial charge in [0.15, 0.2) is 23.8 Å². The number of hydrogen-bond donors (Lipinski definition) is 0. The maximum atomic E-state index is 12.3. The summed E-state index contributed by atoms with van der Waals surface area (Å²) in [7, 11) is 2.85. The van der Waals surface area contributed by atoms with Crippen molar-refractivity contribution < 1.29 is 33.3 Å². The highest BCUT2D eigenvalue weighted by molar-refractivity contribution is 9.10. The van der Waals surface area contributed by atoms with E-state index in [-0.39, 0.29) is 18.2 Å². The van der Waals surface area contributed by atoms with Gasteiger partial charge in [-0.2, -0.15) is 0 Å². The van der Waals surface area contributed by atoms with E-state index in [1.54, 1.807) is 49.6 Å². The van der Waals surface area contributed by atoms with Crippen molar-refractivity contribution >= 4 is 39.8 Å². The number of nitrogens with zero attached hydrogens (tertiary/aromatic N) is 1. The average Bonchev–Trinajstić information content (AvgIpc) is 3.13. The summed E-state index contributed by atoms with van der Waals surface area (Å²) in [5.41, 5.74) is 1.43. The number of aliphatic imine (C=N–C) groups is 1. The van der Waals surface area contributed by atoms with E-state index in [1.165, 1.54) is 7.11 Å². The van der Waals surface area contributed by atoms with Crippen molar-refractivity contribution in [2.75, 3.05) is 27.4 Å². The fraction of sp³-hybridized carbons (Fsp3) is 0.227. The first kappa shape index (κ1) is 22.4. The van der Waals surface area contributed by atoms with E-state index in [0.29, 0.717) is 39.5 Å². The zero-order valence-corrected chi connectivity index (χ0v) is 18.7. The van der Waals surface area contributed by atoms with Gasteiger partial charge in [0.05, 0.1) is 25.3 Å². The van der Waals surface area contributed by atoms with Gasteiger partial charge >= 0.3 is 11.9 Å². The van der Waals surface area contributed by atoms with Crippen LogP contribution >= 0.6 is 15.9 Å². The van der Waals surface area contributed by atoms with Gasteiger partial charge in [0.2, 0.25) is 5.90 Å². The predicted octanol–water partition coefficient (Wildman–Crippen LogP) is 3.75. The molecule has 0 unspecified atom stereocenters. The fourth-order valence-corrected chi connectivity index (χ4v) is 3.26. The molecule has 0 saturated heterocycles. The number of methoxy groups -OCH3 is 2. The lowest BCUT2D eigenvalue weighted by Crippen LogP contribution is -2.13. The monoisotopic (exact) mass is 489 g/mol. The molecule has 2 aromatic carbocycles. The molecule has 1 heterocycles. The molecule has 0 N–H and O–H groups in total. The Morgan fingerprint density at radius 2 is 1.90 bits per heavy atom. The highest BCUT2D eigenvalue weighted by Gasteiger charge is 2.24. The molecule has 3 rings (SSSR count). The molecule has 0 radical (unpaired) electrons. The molecule has 9 heteroatoms. The first-order valence-corrected chi connectivity index (χ1v) is 10.1. The normalized spacial score (nSPS) is 14.1. The van der Waals surface area contributed by atoms with Gasteiger partial charge in [-0.15, -0.1) is 0 Å². The third kappa shape index (κ3) is 5.43. The van der Waals surface area contributed by atoms with Crippen molar-refractivity contribution in [3.63, 3.8) is 0 Å². The first-order valence-electron chi connectivity index (χ1n) is 9.28. The van der Waals surface area contributed by atoms with Gasteiger partial charge in [0.1, 0.15) is 5.75 Å². The molecule has 31 heavy (non-hydrogen) atoms. The van der Waals surface area contributed by atoms with Crippen LogP contribution in [0.15, 0.2) is 51.6 Å². The molecule has 0 spiro atoms. The number of cyclic esters (lactones) is 1. The lowest BCUT2D eigenvalue weighted by Gasteiger charge is -2.14. The Morgan fingerprint density at radius 3 is 2.55 bits per heavy atom. The van der Waals surface area contributed by atoms with Crippen LogP contribution in [-0.2, 0) is 19.1 Å². The van der Waals surface area contributed by atoms with E-state index in [9.17, 15) is 9.59 Å². The summed E-state index contributed by atoms with van der Waals surface area (Å²) in [6.45, 7) is 1.93. The number of hydrogen-bond acceptors (Lipinski definition) is 8. The molecule has 0 aliphatic carbocycles. The Morgan fingerprint density at radius 1 is 1.16 bits per heavy atom. The fourth-order valence-electron chi connectivity index (χ4n) is 2.69. The highest BCUT2D eigenvalue weighted by Crippen LogP contribution is 2.38. The number of carbonyl (C=O) groups excluding carboxylic acids is 2. The van der Waals surface area contributed by atoms with Gasteiger partial charge in [-0.05, 0) is 70.9 Å². The van der Waals surface area contributed by atoms with Crippen molar-refractivity contribution in [3.05, 3.63) is 57.7 Å². The van der Waals surface area contributed by atoms with E-state index in [2.05, 4.69) is 25.7 Å². The SMILES string of the molecule is CCOc1cc(/C=C2\N=C(c3ccc(OC)cc3)OC2=O)cc(Br)c1OCC(=O)OC. The van der Waals surface area contributed by atoms with Gasteiger partial charge in [-0.25, -0.2) is 14.6 Å². The van der Waals surface area contributed by atoms with Gasteiger partial charge in [0, 0.05) is 5.56 Å². The second kappa shape index (κ2) is 10.1. The van der Waals surface area contributed by atoms with Gasteiger partial charge in [-0.3, -0.25) is 0 Å². The topological polar surface area (TPSA) is 92.6 Å². The average molecular weight is 490 g/mol. The Bertz CT molecular complexity index is 1040. The summed E-state index contributed by atoms with van der Waals surface area (Å²) in [5, 5.41) is 0. The Hall–Kier alpha value is -3.33. The molecular formula is C22H20BrNO7. The molecular weight excluding hydrogens is 470 g/mol. The van der Waals surface area contributed by atoms with Crippen LogP contribution in [0.2, 0.25) is 0 Å². The van der Waals surface area contributed by atoms with Gasteiger partial charge < -0.3 is 23.7 Å². The Kier molecular flexibility index (Phi) is 7.30. The van der Waals surface area contributed by atoms with Crippen molar-refractivity contribution in [1.29, 1.82) is 0 Å². The number of rotatable bonds is 8. The van der Waals surface area contributed by atoms with E-state index in [0.717, 1.165) is 0 Å². The summed E-state index contributed by atoms with van der Waals surface area (Å²) in [6.07, 6.45) is 1.58. The van der Waals surface area contributed by atoms with Crippen molar-refractivity contribution in [3.8, 4) is 17.2 Å². The van der Waals surface area contributed by atoms with E-state index >= 15 is 0 Å². The van der Waals surface area contributed by atoms with Crippen LogP contribution in [0.5, 0.6) is 17.2 Å². The summed E-state index contributed by atoms with van der Waals surface area (Å²) in [6, 6.07) is 10.4. The van der Waals surface area contributed by atoms with Crippen LogP contribution in [0.4, 0.5) is 0 Å². The minimum atomic E-state index is -0.564. The summed E-state index contributed by atoms with van der Waals surface area (Å²) < 4.78 is 26.7. The highest BCUT2D eigenvalue weighted by atomic mass is 79.9. The minimum Gasteiger partial charge on any atom is -0.497 e. The van der Waals surface area contributed by atoms with E-state index < -0.39 is 11.9 Å². The second-order valence-electron chi connectivity index (χ2n) is 6.19. The molecule has 0 amide bonds. The summed E-state index contributed by atoms with van der Waals surface area (Å²) in [5.74, 6) is 0.568. The number of benzene rings is 2. The van der Waals surface area contributed by atoms with Crippen LogP contribution < -0.4 is 14.2 Å². The Balaban J connectivity index is 1.89. The zero-order chi connectivity index (χ0) is 22.4. The van der Waals surface area contributed by atoms with Crippen LogP contribution in [-0.4, -0.2) is 45.3 Å². The molecule has 0 saturated carbocycles. The smallest absolute Gasteiger partial charge is 0.363 e. The standard InChI is InChI=1S/C22H20BrNO7/c1-4-29-18-11-13(9-16(23)20(18)30-12-19(25)28-3)10-17-22(26)31-21(24-17)14-5-7-15(27-2)8-6-14/h5-11H,4,12H2,1-3H3/b17-10-. The molecule has 0 atom stereocenters.